The van der Waals surface area contributed by atoms with Crippen LogP contribution in [-0.4, -0.2) is 30.8 Å². The van der Waals surface area contributed by atoms with Crippen LogP contribution in [0.3, 0.4) is 0 Å². The number of carbonyl (C=O) groups is 2. The van der Waals surface area contributed by atoms with Crippen molar-refractivity contribution in [3.05, 3.63) is 0 Å². The molecule has 0 spiro atoms. The highest BCUT2D eigenvalue weighted by atomic mass is 19.1. The van der Waals surface area contributed by atoms with E-state index in [4.69, 9.17) is 0 Å². The number of carbonyl (C=O) groups excluding carboxylic acids is 2. The van der Waals surface area contributed by atoms with Gasteiger partial charge in [0.15, 0.2) is 12.0 Å². The molecule has 0 saturated heterocycles. The Morgan fingerprint density at radius 3 is 1.94 bits per heavy atom. The minimum atomic E-state index is -1.63. The Morgan fingerprint density at radius 1 is 1.25 bits per heavy atom. The van der Waals surface area contributed by atoms with E-state index in [0.717, 1.165) is 0 Å². The average Bonchev–Trinajstić information content (AvgIpc) is 2.15. The van der Waals surface area contributed by atoms with Crippen molar-refractivity contribution in [3.8, 4) is 0 Å². The second-order valence-electron chi connectivity index (χ2n) is 5.07. The maximum Gasteiger partial charge on any atom is 0.170 e. The summed E-state index contributed by atoms with van der Waals surface area (Å²) < 4.78 is 14.1. The molecule has 0 amide bonds. The predicted octanol–water partition coefficient (Wildman–Crippen LogP) is 1.75. The molecule has 4 heteroatoms. The van der Waals surface area contributed by atoms with E-state index in [2.05, 4.69) is 5.32 Å². The van der Waals surface area contributed by atoms with E-state index in [1.807, 2.05) is 0 Å². The van der Waals surface area contributed by atoms with Crippen molar-refractivity contribution in [2.75, 3.05) is 7.05 Å². The van der Waals surface area contributed by atoms with Gasteiger partial charge >= 0.3 is 0 Å². The number of nitrogens with one attached hydrogen (secondary N) is 1. The molecule has 0 fully saturated rings. The lowest BCUT2D eigenvalue weighted by Gasteiger charge is -2.35. The van der Waals surface area contributed by atoms with Gasteiger partial charge in [-0.2, -0.15) is 0 Å². The van der Waals surface area contributed by atoms with Gasteiger partial charge in [-0.3, -0.25) is 9.59 Å². The first-order valence-electron chi connectivity index (χ1n) is 5.51. The zero-order valence-corrected chi connectivity index (χ0v) is 10.9. The Hall–Kier alpha value is -0.770. The lowest BCUT2D eigenvalue weighted by atomic mass is 9.75. The van der Waals surface area contributed by atoms with Crippen molar-refractivity contribution in [2.45, 2.75) is 46.8 Å². The molecule has 0 aromatic heterocycles. The molecule has 0 aliphatic heterocycles. The number of likely N-dealkylation sites (N-methyl/N-ethyl adjacent to an activating group) is 1. The monoisotopic (exact) mass is 231 g/mol. The van der Waals surface area contributed by atoms with Crippen molar-refractivity contribution in [2.24, 2.45) is 11.3 Å². The van der Waals surface area contributed by atoms with Gasteiger partial charge in [-0.1, -0.05) is 27.7 Å². The van der Waals surface area contributed by atoms with Crippen LogP contribution in [0, 0.1) is 11.3 Å². The van der Waals surface area contributed by atoms with Crippen LogP contribution in [0.15, 0.2) is 0 Å². The molecule has 0 radical (unpaired) electrons. The van der Waals surface area contributed by atoms with E-state index in [0.29, 0.717) is 0 Å². The third kappa shape index (κ3) is 3.11. The smallest absolute Gasteiger partial charge is 0.170 e. The summed E-state index contributed by atoms with van der Waals surface area (Å²) in [5.74, 6) is -0.975. The predicted molar refractivity (Wildman–Crippen MR) is 62.1 cm³/mol. The highest BCUT2D eigenvalue weighted by Crippen LogP contribution is 2.30. The average molecular weight is 231 g/mol. The number of rotatable bonds is 6. The van der Waals surface area contributed by atoms with Crippen LogP contribution in [-0.2, 0) is 9.59 Å². The molecule has 0 bridgehead atoms. The second kappa shape index (κ2) is 5.53. The van der Waals surface area contributed by atoms with Gasteiger partial charge in [0.1, 0.15) is 5.78 Å². The number of hydrogen-bond donors (Lipinski definition) is 1. The molecule has 0 aromatic rings. The van der Waals surface area contributed by atoms with E-state index >= 15 is 0 Å². The van der Waals surface area contributed by atoms with Gasteiger partial charge in [0.25, 0.3) is 0 Å². The fraction of sp³-hybridized carbons (Fsp3) is 0.833. The minimum absolute atomic E-state index is 0.160. The number of Topliss-reactive ketones (excluding diaryl/α,β-unsaturated/α-hetero) is 2. The fourth-order valence-corrected chi connectivity index (χ4v) is 1.90. The zero-order valence-electron chi connectivity index (χ0n) is 10.9. The van der Waals surface area contributed by atoms with Gasteiger partial charge in [0.05, 0.1) is 6.04 Å². The molecular weight excluding hydrogens is 209 g/mol. The summed E-state index contributed by atoms with van der Waals surface area (Å²) in [5.41, 5.74) is -1.03. The van der Waals surface area contributed by atoms with Crippen LogP contribution in [0.5, 0.6) is 0 Å². The molecule has 0 saturated carbocycles. The first-order valence-corrected chi connectivity index (χ1v) is 5.51. The fourth-order valence-electron chi connectivity index (χ4n) is 1.90. The van der Waals surface area contributed by atoms with Crippen molar-refractivity contribution >= 4 is 11.6 Å². The summed E-state index contributed by atoms with van der Waals surface area (Å²) in [5, 5.41) is 2.77. The van der Waals surface area contributed by atoms with Crippen LogP contribution in [0.2, 0.25) is 0 Å². The number of hydrogen-bond acceptors (Lipinski definition) is 3. The van der Waals surface area contributed by atoms with E-state index in [1.54, 1.807) is 34.7 Å². The first kappa shape index (κ1) is 15.2. The highest BCUT2D eigenvalue weighted by Gasteiger charge is 2.43. The Morgan fingerprint density at radius 2 is 1.69 bits per heavy atom. The van der Waals surface area contributed by atoms with Gasteiger partial charge in [-0.05, 0) is 14.0 Å². The third-order valence-electron chi connectivity index (χ3n) is 2.91. The largest absolute Gasteiger partial charge is 0.310 e. The highest BCUT2D eigenvalue weighted by molar-refractivity contribution is 5.88. The van der Waals surface area contributed by atoms with E-state index in [9.17, 15) is 14.0 Å². The molecule has 3 nitrogen and oxygen atoms in total. The molecule has 0 aliphatic rings. The zero-order chi connectivity index (χ0) is 13.1. The van der Waals surface area contributed by atoms with Crippen molar-refractivity contribution in [3.63, 3.8) is 0 Å². The Balaban J connectivity index is 5.02. The maximum absolute atomic E-state index is 14.1. The normalized spacial score (nSPS) is 16.0. The molecule has 94 valence electrons. The van der Waals surface area contributed by atoms with Gasteiger partial charge in [0, 0.05) is 11.3 Å². The van der Waals surface area contributed by atoms with Crippen LogP contribution < -0.4 is 5.32 Å². The topological polar surface area (TPSA) is 46.2 Å². The van der Waals surface area contributed by atoms with Crippen molar-refractivity contribution < 1.29 is 14.0 Å². The van der Waals surface area contributed by atoms with Gasteiger partial charge < -0.3 is 5.32 Å². The molecule has 1 N–H and O–H groups in total. The van der Waals surface area contributed by atoms with Crippen LogP contribution in [0.1, 0.15) is 34.6 Å². The molecule has 2 unspecified atom stereocenters. The van der Waals surface area contributed by atoms with Crippen LogP contribution in [0.4, 0.5) is 4.39 Å². The SMILES string of the molecule is CNC(C(C)=O)C(C)(C)C(F)C(=O)C(C)C. The molecule has 0 heterocycles. The Bertz CT molecular complexity index is 274. The van der Waals surface area contributed by atoms with Crippen molar-refractivity contribution in [1.82, 2.24) is 5.32 Å². The summed E-state index contributed by atoms with van der Waals surface area (Å²) in [6, 6.07) is -0.648. The van der Waals surface area contributed by atoms with E-state index < -0.39 is 23.4 Å². The van der Waals surface area contributed by atoms with Gasteiger partial charge in [-0.25, -0.2) is 4.39 Å². The summed E-state index contributed by atoms with van der Waals surface area (Å²) in [4.78, 5) is 23.0. The summed E-state index contributed by atoms with van der Waals surface area (Å²) in [6.07, 6.45) is -1.63. The standard InChI is InChI=1S/C12H22FNO2/c1-7(2)9(16)10(13)12(4,5)11(14-6)8(3)15/h7,10-11,14H,1-6H3. The molecular formula is C12H22FNO2. The van der Waals surface area contributed by atoms with Crippen LogP contribution >= 0.6 is 0 Å². The van der Waals surface area contributed by atoms with Crippen molar-refractivity contribution in [1.29, 1.82) is 0 Å². The minimum Gasteiger partial charge on any atom is -0.310 e. The molecule has 2 atom stereocenters. The third-order valence-corrected chi connectivity index (χ3v) is 2.91. The molecule has 16 heavy (non-hydrogen) atoms. The number of ketones is 2. The maximum atomic E-state index is 14.1. The summed E-state index contributed by atoms with van der Waals surface area (Å²) in [6.45, 7) is 7.91. The lowest BCUT2D eigenvalue weighted by Crippen LogP contribution is -2.52. The van der Waals surface area contributed by atoms with E-state index in [-0.39, 0.29) is 11.7 Å². The Kier molecular flexibility index (Phi) is 5.26. The van der Waals surface area contributed by atoms with Gasteiger partial charge in [-0.15, -0.1) is 0 Å². The Labute approximate surface area is 96.8 Å². The lowest BCUT2D eigenvalue weighted by molar-refractivity contribution is -0.134. The number of halogens is 1. The quantitative estimate of drug-likeness (QED) is 0.757. The summed E-state index contributed by atoms with van der Waals surface area (Å²) >= 11 is 0. The molecule has 0 aromatic carbocycles. The van der Waals surface area contributed by atoms with Gasteiger partial charge in [0.2, 0.25) is 0 Å². The molecule has 0 aliphatic carbocycles. The first-order chi connectivity index (χ1) is 7.16. The molecule has 0 rings (SSSR count). The number of alkyl halides is 1. The second-order valence-corrected chi connectivity index (χ2v) is 5.07. The van der Waals surface area contributed by atoms with Crippen LogP contribution in [0.25, 0.3) is 0 Å². The van der Waals surface area contributed by atoms with E-state index in [1.165, 1.54) is 6.92 Å². The summed E-state index contributed by atoms with van der Waals surface area (Å²) in [7, 11) is 1.60.